The Hall–Kier alpha value is -9.35. The minimum absolute atomic E-state index is 0. The van der Waals surface area contributed by atoms with Crippen LogP contribution in [0.2, 0.25) is 0 Å². The maximum Gasteiger partial charge on any atom is 0.409 e. The van der Waals surface area contributed by atoms with Gasteiger partial charge in [-0.25, -0.2) is 24.3 Å². The van der Waals surface area contributed by atoms with Gasteiger partial charge in [0.05, 0.1) is 38.1 Å². The molecule has 16 rings (SSSR count). The van der Waals surface area contributed by atoms with Gasteiger partial charge in [0.15, 0.2) is 22.9 Å². The van der Waals surface area contributed by atoms with E-state index in [1.165, 1.54) is 99.9 Å². The summed E-state index contributed by atoms with van der Waals surface area (Å²) in [5, 5.41) is 19.5. The van der Waals surface area contributed by atoms with Crippen molar-refractivity contribution in [3.63, 3.8) is 0 Å². The van der Waals surface area contributed by atoms with Crippen LogP contribution in [-0.4, -0.2) is 81.1 Å². The molecule has 113 heavy (non-hydrogen) atoms. The molecule has 13 aromatic rings. The number of carbonyl (C=O) groups excluding carboxylic acids is 2. The lowest BCUT2D eigenvalue weighted by atomic mass is 9.84. The van der Waals surface area contributed by atoms with Crippen LogP contribution in [0.1, 0.15) is 262 Å². The molecule has 14 nitrogen and oxygen atoms in total. The summed E-state index contributed by atoms with van der Waals surface area (Å²) < 4.78 is 11.1. The molecule has 600 valence electrons. The highest BCUT2D eigenvalue weighted by Crippen LogP contribution is 2.35. The minimum atomic E-state index is -0.236. The average molecular weight is 1560 g/mol. The number of pyridine rings is 3. The van der Waals surface area contributed by atoms with E-state index in [-0.39, 0.29) is 56.8 Å². The van der Waals surface area contributed by atoms with Gasteiger partial charge in [0, 0.05) is 78.2 Å². The van der Waals surface area contributed by atoms with E-state index in [0.29, 0.717) is 18.7 Å². The largest absolute Gasteiger partial charge is 0.453 e. The maximum absolute atomic E-state index is 11.5. The van der Waals surface area contributed by atoms with Crippen molar-refractivity contribution in [2.45, 2.75) is 256 Å². The number of para-hydroxylation sites is 1. The first kappa shape index (κ1) is 89.2. The van der Waals surface area contributed by atoms with Crippen molar-refractivity contribution in [1.82, 2.24) is 54.4 Å². The first-order valence-corrected chi connectivity index (χ1v) is 41.1. The maximum atomic E-state index is 11.5. The Kier molecular flexibility index (Phi) is 29.1. The standard InChI is InChI=1S/C15H21NO2.C13H19N.C13H15N.C13H16O.2C11H13NS.2C10H13N3.CH4/c1-15(2,3)13-6-5-12-10-16(14(17)18-4)8-7-11(12)9-13;2*1-13(2,3)12-5-4-11-9-14-7-6-10(11)8-12;1-13(2,3)10-6-4-9-5-7-12(14)11(9)8-10;1-11(2,3)8-4-5-9-10(6-8)13-7-12-9;1-11(2,3)10-12-8-6-4-5-7-9(8)13-10;1-10(2,3)8-5-4-6-13-7-11-12-9(8)13;1-10(2,3)9-11-8-6-4-5-7-13(8)12-9;/h5-6,9H,7-8,10H2,1-4H3;4-5,8,14H,6-7,9H2,1-3H3;4-9H,1-3H3;4,6,8H,5,7H2,1-3H3;4*4-7H,1-3H3;1H4. The summed E-state index contributed by atoms with van der Waals surface area (Å²) in [7, 11) is 1.43. The van der Waals surface area contributed by atoms with Crippen LogP contribution >= 0.6 is 22.7 Å². The number of Topliss-reactive ketones (excluding diaryl/α,β-unsaturated/α-hetero) is 1. The Morgan fingerprint density at radius 1 is 0.504 bits per heavy atom. The Bertz CT molecular complexity index is 5140. The molecule has 0 atom stereocenters. The smallest absolute Gasteiger partial charge is 0.409 e. The summed E-state index contributed by atoms with van der Waals surface area (Å²) in [6, 6.07) is 53.3. The normalized spacial score (nSPS) is 13.5. The van der Waals surface area contributed by atoms with Crippen molar-refractivity contribution >= 4 is 77.1 Å². The lowest BCUT2D eigenvalue weighted by Crippen LogP contribution is -2.36. The summed E-state index contributed by atoms with van der Waals surface area (Å²) in [6.07, 6.45) is 12.8. The summed E-state index contributed by atoms with van der Waals surface area (Å²) in [4.78, 5) is 42.2. The quantitative estimate of drug-likeness (QED) is 0.154. The number of rotatable bonds is 0. The molecule has 6 aromatic carbocycles. The van der Waals surface area contributed by atoms with Gasteiger partial charge in [-0.1, -0.05) is 271 Å². The second kappa shape index (κ2) is 36.9. The SMILES string of the molecule is C.CC(C)(C)c1ccc2c(c1)C(=O)CC2.CC(C)(C)c1ccc2c(c1)CCNC2.CC(C)(C)c1ccc2cnccc2c1.CC(C)(C)c1ccc2ncsc2c1.CC(C)(C)c1cccn2cnnc12.CC(C)(C)c1nc2ccccc2s1.CC(C)(C)c1nc2ccccn2n1.COC(=O)N1CCc2cc(C(C)(C)C)ccc2C1. The minimum Gasteiger partial charge on any atom is -0.453 e. The summed E-state index contributed by atoms with van der Waals surface area (Å²) >= 11 is 3.50. The molecule has 1 amide bonds. The number of aromatic nitrogens is 9. The van der Waals surface area contributed by atoms with Crippen molar-refractivity contribution in [3.8, 4) is 0 Å². The first-order valence-electron chi connectivity index (χ1n) is 39.4. The number of nitrogens with one attached hydrogen (secondary N) is 1. The Balaban J connectivity index is 0.000000162. The van der Waals surface area contributed by atoms with Crippen LogP contribution in [0.4, 0.5) is 4.79 Å². The second-order valence-corrected chi connectivity index (χ2v) is 39.6. The molecule has 2 aliphatic heterocycles. The molecule has 0 unspecified atom stereocenters. The highest BCUT2D eigenvalue weighted by molar-refractivity contribution is 7.18. The molecular formula is C97H127N11O3S2. The van der Waals surface area contributed by atoms with Crippen LogP contribution in [0.15, 0.2) is 188 Å². The van der Waals surface area contributed by atoms with Gasteiger partial charge in [0.1, 0.15) is 6.33 Å². The number of ketones is 1. The summed E-state index contributed by atoms with van der Waals surface area (Å²) in [5.41, 5.74) is 23.2. The number of hydrogen-bond acceptors (Lipinski definition) is 13. The van der Waals surface area contributed by atoms with E-state index in [4.69, 9.17) is 4.74 Å². The number of carbonyl (C=O) groups is 2. The van der Waals surface area contributed by atoms with Crippen molar-refractivity contribution in [2.24, 2.45) is 0 Å². The molecule has 0 saturated carbocycles. The lowest BCUT2D eigenvalue weighted by Gasteiger charge is -2.29. The summed E-state index contributed by atoms with van der Waals surface area (Å²) in [6.45, 7) is 56.4. The highest BCUT2D eigenvalue weighted by Gasteiger charge is 2.27. The average Bonchev–Trinajstić information content (AvgIpc) is 1.02. The van der Waals surface area contributed by atoms with E-state index in [0.717, 1.165) is 66.2 Å². The molecular weight excluding hydrogens is 1430 g/mol. The van der Waals surface area contributed by atoms with Crippen LogP contribution in [0.3, 0.4) is 0 Å². The van der Waals surface area contributed by atoms with E-state index in [9.17, 15) is 9.59 Å². The highest BCUT2D eigenvalue weighted by atomic mass is 32.1. The zero-order valence-corrected chi connectivity index (χ0v) is 73.2. The molecule has 16 heteroatoms. The van der Waals surface area contributed by atoms with E-state index >= 15 is 0 Å². The van der Waals surface area contributed by atoms with E-state index < -0.39 is 0 Å². The Morgan fingerprint density at radius 2 is 1.10 bits per heavy atom. The molecule has 9 heterocycles. The van der Waals surface area contributed by atoms with E-state index in [1.807, 2.05) is 65.0 Å². The fraction of sp³-hybridized carbons (Fsp3) is 0.433. The molecule has 0 fully saturated rings. The van der Waals surface area contributed by atoms with Crippen molar-refractivity contribution < 1.29 is 14.3 Å². The van der Waals surface area contributed by atoms with Crippen LogP contribution in [-0.2, 0) is 80.4 Å². The van der Waals surface area contributed by atoms with Gasteiger partial charge < -0.3 is 15.0 Å². The lowest BCUT2D eigenvalue weighted by molar-refractivity contribution is 0.0994. The molecule has 7 aromatic heterocycles. The van der Waals surface area contributed by atoms with Crippen molar-refractivity contribution in [3.05, 3.63) is 266 Å². The fourth-order valence-electron chi connectivity index (χ4n) is 12.8. The monoisotopic (exact) mass is 1560 g/mol. The molecule has 1 N–H and O–H groups in total. The predicted molar refractivity (Wildman–Crippen MR) is 477 cm³/mol. The molecule has 0 bridgehead atoms. The number of amides is 1. The van der Waals surface area contributed by atoms with Gasteiger partial charge in [-0.3, -0.25) is 14.2 Å². The number of fused-ring (bicyclic) bond motifs is 8. The molecule has 3 aliphatic rings. The van der Waals surface area contributed by atoms with Crippen LogP contribution < -0.4 is 5.32 Å². The van der Waals surface area contributed by atoms with Crippen LogP contribution in [0.5, 0.6) is 0 Å². The van der Waals surface area contributed by atoms with E-state index in [1.54, 1.807) is 38.4 Å². The number of benzene rings is 6. The third-order valence-electron chi connectivity index (χ3n) is 20.1. The van der Waals surface area contributed by atoms with Gasteiger partial charge >= 0.3 is 6.09 Å². The number of ether oxygens (including phenoxy) is 1. The van der Waals surface area contributed by atoms with Gasteiger partial charge in [0.2, 0.25) is 0 Å². The number of nitrogens with zero attached hydrogens (tertiary/aromatic N) is 10. The number of aryl methyl sites for hydroxylation is 1. The van der Waals surface area contributed by atoms with Gasteiger partial charge in [-0.2, -0.15) is 5.10 Å². The molecule has 1 aliphatic carbocycles. The van der Waals surface area contributed by atoms with Gasteiger partial charge in [-0.05, 0) is 174 Å². The summed E-state index contributed by atoms with van der Waals surface area (Å²) in [5.74, 6) is 1.20. The third kappa shape index (κ3) is 24.6. The van der Waals surface area contributed by atoms with Gasteiger partial charge in [0.25, 0.3) is 0 Å². The van der Waals surface area contributed by atoms with Crippen LogP contribution in [0.25, 0.3) is 42.5 Å². The zero-order valence-electron chi connectivity index (χ0n) is 71.6. The molecule has 0 spiro atoms. The number of hydrogen-bond donors (Lipinski definition) is 1. The number of thiazole rings is 2. The van der Waals surface area contributed by atoms with Crippen LogP contribution in [0, 0.1) is 0 Å². The predicted octanol–water partition coefficient (Wildman–Crippen LogP) is 24.3. The number of methoxy groups -OCH3 is 1. The Labute approximate surface area is 683 Å². The van der Waals surface area contributed by atoms with Crippen molar-refractivity contribution in [2.75, 3.05) is 20.2 Å². The first-order chi connectivity index (χ1) is 52.3. The van der Waals surface area contributed by atoms with Crippen molar-refractivity contribution in [1.29, 1.82) is 0 Å². The molecule has 0 saturated heterocycles. The second-order valence-electron chi connectivity index (χ2n) is 37.7. The topological polar surface area (TPSA) is 158 Å². The Morgan fingerprint density at radius 3 is 1.72 bits per heavy atom. The fourth-order valence-corrected chi connectivity index (χ4v) is 14.5. The van der Waals surface area contributed by atoms with E-state index in [2.05, 4.69) is 328 Å². The zero-order chi connectivity index (χ0) is 81.9. The molecule has 0 radical (unpaired) electrons. The van der Waals surface area contributed by atoms with Gasteiger partial charge in [-0.15, -0.1) is 32.9 Å². The third-order valence-corrected chi connectivity index (χ3v) is 22.3.